The number of fused-ring (bicyclic) bond motifs is 1. The third-order valence-corrected chi connectivity index (χ3v) is 6.40. The molecule has 8 heteroatoms. The minimum Gasteiger partial charge on any atom is -0.467 e. The molecule has 2 aliphatic heterocycles. The number of furan rings is 1. The summed E-state index contributed by atoms with van der Waals surface area (Å²) >= 11 is 1.45. The monoisotopic (exact) mass is 451 g/mol. The molecule has 0 saturated heterocycles. The number of amides is 1. The lowest BCUT2D eigenvalue weighted by Crippen LogP contribution is -2.38. The Morgan fingerprint density at radius 1 is 1.25 bits per heavy atom. The number of thioether (sulfide) groups is 1. The molecule has 2 aromatic rings. The summed E-state index contributed by atoms with van der Waals surface area (Å²) in [5, 5.41) is 5.55. The van der Waals surface area contributed by atoms with Gasteiger partial charge in [-0.3, -0.25) is 4.79 Å². The van der Waals surface area contributed by atoms with Gasteiger partial charge in [-0.2, -0.15) is 0 Å². The van der Waals surface area contributed by atoms with Gasteiger partial charge in [-0.25, -0.2) is 9.79 Å². The summed E-state index contributed by atoms with van der Waals surface area (Å²) in [6.07, 6.45) is 1.73. The second-order valence-electron chi connectivity index (χ2n) is 7.78. The summed E-state index contributed by atoms with van der Waals surface area (Å²) in [6, 6.07) is 9.33. The van der Waals surface area contributed by atoms with Crippen LogP contribution in [0.3, 0.4) is 0 Å². The Kier molecular flexibility index (Phi) is 6.23. The molecule has 32 heavy (non-hydrogen) atoms. The van der Waals surface area contributed by atoms with Crippen molar-refractivity contribution in [1.82, 2.24) is 10.2 Å². The second-order valence-corrected chi connectivity index (χ2v) is 8.61. The van der Waals surface area contributed by atoms with Crippen LogP contribution >= 0.6 is 11.8 Å². The summed E-state index contributed by atoms with van der Waals surface area (Å²) < 4.78 is 10.4. The fourth-order valence-corrected chi connectivity index (χ4v) is 4.96. The number of amidine groups is 1. The van der Waals surface area contributed by atoms with Gasteiger partial charge in [-0.05, 0) is 49.4 Å². The molecule has 1 aromatic heterocycles. The van der Waals surface area contributed by atoms with Crippen LogP contribution in [0, 0.1) is 13.8 Å². The third-order valence-electron chi connectivity index (χ3n) is 5.51. The summed E-state index contributed by atoms with van der Waals surface area (Å²) in [7, 11) is 1.37. The molecule has 166 valence electrons. The van der Waals surface area contributed by atoms with Crippen LogP contribution in [0.25, 0.3) is 0 Å². The highest BCUT2D eigenvalue weighted by Crippen LogP contribution is 2.45. The first-order valence-electron chi connectivity index (χ1n) is 10.3. The number of rotatable bonds is 6. The lowest BCUT2D eigenvalue weighted by atomic mass is 9.90. The zero-order valence-electron chi connectivity index (χ0n) is 18.5. The average molecular weight is 452 g/mol. The van der Waals surface area contributed by atoms with Gasteiger partial charge >= 0.3 is 5.97 Å². The zero-order chi connectivity index (χ0) is 22.8. The molecule has 1 amide bonds. The van der Waals surface area contributed by atoms with Crippen LogP contribution in [-0.2, 0) is 20.9 Å². The zero-order valence-corrected chi connectivity index (χ0v) is 19.3. The molecule has 2 aliphatic rings. The quantitative estimate of drug-likeness (QED) is 0.658. The van der Waals surface area contributed by atoms with E-state index in [1.165, 1.54) is 18.9 Å². The Labute approximate surface area is 191 Å². The minimum atomic E-state index is -0.422. The van der Waals surface area contributed by atoms with E-state index in [0.717, 1.165) is 27.6 Å². The van der Waals surface area contributed by atoms with Gasteiger partial charge in [0.2, 0.25) is 5.91 Å². The van der Waals surface area contributed by atoms with Gasteiger partial charge in [0.15, 0.2) is 5.17 Å². The first-order chi connectivity index (χ1) is 15.4. The molecule has 4 rings (SSSR count). The number of hydrogen-bond acceptors (Lipinski definition) is 7. The van der Waals surface area contributed by atoms with Crippen molar-refractivity contribution in [1.29, 1.82) is 0 Å². The SMILES string of the molecule is COC(=O)C1=C(C)N=C2SC=C(CC(=O)NCc3ccco3)N2[C@H]1c1ccc(C)cc1C. The standard InChI is InChI=1S/C24H25N3O4S/c1-14-7-8-19(15(2)10-14)22-21(23(29)30-4)16(3)26-24-27(22)17(13-32-24)11-20(28)25-12-18-6-5-9-31-18/h5-10,13,22H,11-12H2,1-4H3,(H,25,28)/t22-/m0/s1. The first kappa shape index (κ1) is 22.0. The van der Waals surface area contributed by atoms with Crippen molar-refractivity contribution in [3.05, 3.63) is 81.4 Å². The smallest absolute Gasteiger partial charge is 0.338 e. The maximum atomic E-state index is 12.8. The Hall–Kier alpha value is -3.26. The predicted octanol–water partition coefficient (Wildman–Crippen LogP) is 4.35. The molecule has 0 saturated carbocycles. The topological polar surface area (TPSA) is 84.1 Å². The summed E-state index contributed by atoms with van der Waals surface area (Å²) in [4.78, 5) is 32.1. The molecular weight excluding hydrogens is 426 g/mol. The highest BCUT2D eigenvalue weighted by molar-refractivity contribution is 8.16. The van der Waals surface area contributed by atoms with Crippen LogP contribution in [-0.4, -0.2) is 29.1 Å². The Morgan fingerprint density at radius 3 is 2.75 bits per heavy atom. The second kappa shape index (κ2) is 9.08. The van der Waals surface area contributed by atoms with Gasteiger partial charge in [-0.15, -0.1) is 0 Å². The number of hydrogen-bond donors (Lipinski definition) is 1. The van der Waals surface area contributed by atoms with Gasteiger partial charge in [0.25, 0.3) is 0 Å². The molecule has 0 bridgehead atoms. The molecule has 1 aromatic carbocycles. The molecule has 0 fully saturated rings. The van der Waals surface area contributed by atoms with Crippen molar-refractivity contribution in [2.75, 3.05) is 7.11 Å². The molecule has 0 aliphatic carbocycles. The van der Waals surface area contributed by atoms with E-state index in [4.69, 9.17) is 9.15 Å². The number of benzene rings is 1. The van der Waals surface area contributed by atoms with E-state index in [2.05, 4.69) is 16.4 Å². The van der Waals surface area contributed by atoms with Crippen LogP contribution < -0.4 is 5.32 Å². The van der Waals surface area contributed by atoms with Crippen LogP contribution in [0.15, 0.2) is 68.4 Å². The van der Waals surface area contributed by atoms with E-state index >= 15 is 0 Å². The van der Waals surface area contributed by atoms with Crippen LogP contribution in [0.4, 0.5) is 0 Å². The van der Waals surface area contributed by atoms with Crippen LogP contribution in [0.2, 0.25) is 0 Å². The summed E-state index contributed by atoms with van der Waals surface area (Å²) in [5.41, 5.74) is 5.06. The lowest BCUT2D eigenvalue weighted by Gasteiger charge is -2.37. The normalized spacial score (nSPS) is 17.6. The largest absolute Gasteiger partial charge is 0.467 e. The molecule has 3 heterocycles. The number of carbonyl (C=O) groups is 2. The van der Waals surface area contributed by atoms with Crippen molar-refractivity contribution in [3.63, 3.8) is 0 Å². The van der Waals surface area contributed by atoms with E-state index in [-0.39, 0.29) is 12.3 Å². The van der Waals surface area contributed by atoms with E-state index in [0.29, 0.717) is 23.6 Å². The fraction of sp³-hybridized carbons (Fsp3) is 0.292. The Balaban J connectivity index is 1.66. The highest BCUT2D eigenvalue weighted by Gasteiger charge is 2.41. The van der Waals surface area contributed by atoms with Crippen molar-refractivity contribution < 1.29 is 18.7 Å². The van der Waals surface area contributed by atoms with Crippen molar-refractivity contribution in [3.8, 4) is 0 Å². The molecule has 0 radical (unpaired) electrons. The fourth-order valence-electron chi connectivity index (χ4n) is 3.99. The van der Waals surface area contributed by atoms with Gasteiger partial charge in [-0.1, -0.05) is 35.5 Å². The van der Waals surface area contributed by atoms with Crippen LogP contribution in [0.5, 0.6) is 0 Å². The van der Waals surface area contributed by atoms with E-state index in [1.807, 2.05) is 49.3 Å². The minimum absolute atomic E-state index is 0.139. The molecular formula is C24H25N3O4S. The first-order valence-corrected chi connectivity index (χ1v) is 11.2. The molecule has 1 atom stereocenters. The van der Waals surface area contributed by atoms with Crippen molar-refractivity contribution in [2.24, 2.45) is 4.99 Å². The maximum Gasteiger partial charge on any atom is 0.338 e. The number of carbonyl (C=O) groups excluding carboxylic acids is 2. The number of ether oxygens (including phenoxy) is 1. The van der Waals surface area contributed by atoms with Gasteiger partial charge in [0.1, 0.15) is 5.76 Å². The number of aryl methyl sites for hydroxylation is 2. The molecule has 0 spiro atoms. The summed E-state index contributed by atoms with van der Waals surface area (Å²) in [6.45, 7) is 6.20. The van der Waals surface area contributed by atoms with Crippen molar-refractivity contribution >= 4 is 28.8 Å². The number of nitrogens with zero attached hydrogens (tertiary/aromatic N) is 2. The number of allylic oxidation sites excluding steroid dienone is 1. The number of aliphatic imine (C=N–C) groups is 1. The number of nitrogens with one attached hydrogen (secondary N) is 1. The lowest BCUT2D eigenvalue weighted by molar-refractivity contribution is -0.136. The maximum absolute atomic E-state index is 12.8. The Morgan fingerprint density at radius 2 is 2.06 bits per heavy atom. The van der Waals surface area contributed by atoms with E-state index < -0.39 is 12.0 Å². The van der Waals surface area contributed by atoms with Crippen molar-refractivity contribution in [2.45, 2.75) is 39.8 Å². The predicted molar refractivity (Wildman–Crippen MR) is 123 cm³/mol. The highest BCUT2D eigenvalue weighted by atomic mass is 32.2. The molecule has 7 nitrogen and oxygen atoms in total. The summed E-state index contributed by atoms with van der Waals surface area (Å²) in [5.74, 6) is 0.126. The van der Waals surface area contributed by atoms with Gasteiger partial charge in [0, 0.05) is 5.70 Å². The number of methoxy groups -OCH3 is 1. The van der Waals surface area contributed by atoms with Gasteiger partial charge < -0.3 is 19.4 Å². The average Bonchev–Trinajstić information content (AvgIpc) is 3.41. The number of esters is 1. The molecule has 1 N–H and O–H groups in total. The Bertz CT molecular complexity index is 1150. The third kappa shape index (κ3) is 4.23. The van der Waals surface area contributed by atoms with E-state index in [1.54, 1.807) is 12.3 Å². The molecule has 0 unspecified atom stereocenters. The van der Waals surface area contributed by atoms with Gasteiger partial charge in [0.05, 0.1) is 43.7 Å². The van der Waals surface area contributed by atoms with E-state index in [9.17, 15) is 9.59 Å². The van der Waals surface area contributed by atoms with Crippen LogP contribution in [0.1, 0.15) is 41.8 Å².